The average Bonchev–Trinajstić information content (AvgIpc) is 2.11. The lowest BCUT2D eigenvalue weighted by molar-refractivity contribution is -0.117. The van der Waals surface area contributed by atoms with E-state index in [0.29, 0.717) is 17.5 Å². The Morgan fingerprint density at radius 2 is 2.40 bits per heavy atom. The molecule has 5 heteroatoms. The number of carbonyl (C=O) groups excluding carboxylic acids is 1. The Kier molecular flexibility index (Phi) is 3.16. The van der Waals surface area contributed by atoms with Gasteiger partial charge in [0.15, 0.2) is 0 Å². The minimum atomic E-state index is -0.0260. The summed E-state index contributed by atoms with van der Waals surface area (Å²) in [5, 5.41) is 2.97. The summed E-state index contributed by atoms with van der Waals surface area (Å²) in [6, 6.07) is 1.57. The number of anilines is 1. The summed E-state index contributed by atoms with van der Waals surface area (Å²) >= 11 is 5.67. The Morgan fingerprint density at radius 1 is 1.60 bits per heavy atom. The van der Waals surface area contributed by atoms with Gasteiger partial charge in [0.05, 0.1) is 0 Å². The third-order valence-electron chi connectivity index (χ3n) is 2.57. The van der Waals surface area contributed by atoms with E-state index in [1.807, 2.05) is 0 Å². The van der Waals surface area contributed by atoms with E-state index in [2.05, 4.69) is 15.3 Å². The molecular formula is C10H12ClN3O. The Morgan fingerprint density at radius 3 is 3.00 bits per heavy atom. The highest BCUT2D eigenvalue weighted by atomic mass is 35.5. The van der Waals surface area contributed by atoms with E-state index in [1.54, 1.807) is 6.07 Å². The lowest BCUT2D eigenvalue weighted by Crippen LogP contribution is -2.21. The number of nitrogens with one attached hydrogen (secondary N) is 1. The molecule has 0 spiro atoms. The van der Waals surface area contributed by atoms with Crippen LogP contribution in [0.25, 0.3) is 0 Å². The monoisotopic (exact) mass is 225 g/mol. The lowest BCUT2D eigenvalue weighted by Gasteiger charge is -2.24. The molecule has 1 aromatic rings. The van der Waals surface area contributed by atoms with E-state index in [9.17, 15) is 4.79 Å². The van der Waals surface area contributed by atoms with Crippen LogP contribution in [0, 0.1) is 5.92 Å². The van der Waals surface area contributed by atoms with Gasteiger partial charge < -0.3 is 0 Å². The second-order valence-corrected chi connectivity index (χ2v) is 4.14. The Labute approximate surface area is 93.1 Å². The predicted molar refractivity (Wildman–Crippen MR) is 57.6 cm³/mol. The SMILES string of the molecule is O=C(CC1CCC1)Nc1nccc(Cl)n1. The molecule has 1 saturated carbocycles. The maximum absolute atomic E-state index is 11.5. The minimum Gasteiger partial charge on any atom is -0.294 e. The van der Waals surface area contributed by atoms with E-state index in [0.717, 1.165) is 12.8 Å². The third-order valence-corrected chi connectivity index (χ3v) is 2.78. The maximum atomic E-state index is 11.5. The molecular weight excluding hydrogens is 214 g/mol. The van der Waals surface area contributed by atoms with Crippen LogP contribution in [0.3, 0.4) is 0 Å². The zero-order chi connectivity index (χ0) is 10.7. The Hall–Kier alpha value is -1.16. The van der Waals surface area contributed by atoms with Crippen molar-refractivity contribution in [3.8, 4) is 0 Å². The van der Waals surface area contributed by atoms with Crippen LogP contribution < -0.4 is 5.32 Å². The number of hydrogen-bond donors (Lipinski definition) is 1. The first-order valence-electron chi connectivity index (χ1n) is 5.02. The highest BCUT2D eigenvalue weighted by molar-refractivity contribution is 6.29. The Balaban J connectivity index is 1.87. The van der Waals surface area contributed by atoms with Crippen LogP contribution in [-0.2, 0) is 4.79 Å². The lowest BCUT2D eigenvalue weighted by atomic mass is 9.83. The van der Waals surface area contributed by atoms with Crippen LogP contribution in [0.5, 0.6) is 0 Å². The van der Waals surface area contributed by atoms with Gasteiger partial charge in [-0.1, -0.05) is 18.0 Å². The second-order valence-electron chi connectivity index (χ2n) is 3.75. The summed E-state index contributed by atoms with van der Waals surface area (Å²) in [5.74, 6) is 0.804. The normalized spacial score (nSPS) is 15.8. The molecule has 1 heterocycles. The molecule has 0 aromatic carbocycles. The van der Waals surface area contributed by atoms with Crippen molar-refractivity contribution in [2.24, 2.45) is 5.92 Å². The van der Waals surface area contributed by atoms with Crippen molar-refractivity contribution in [1.82, 2.24) is 9.97 Å². The van der Waals surface area contributed by atoms with Crippen molar-refractivity contribution in [3.63, 3.8) is 0 Å². The molecule has 2 rings (SSSR count). The van der Waals surface area contributed by atoms with Gasteiger partial charge in [-0.15, -0.1) is 0 Å². The van der Waals surface area contributed by atoms with Crippen molar-refractivity contribution in [1.29, 1.82) is 0 Å². The second kappa shape index (κ2) is 4.57. The molecule has 0 atom stereocenters. The molecule has 4 nitrogen and oxygen atoms in total. The minimum absolute atomic E-state index is 0.0260. The van der Waals surface area contributed by atoms with Gasteiger partial charge in [0, 0.05) is 12.6 Å². The van der Waals surface area contributed by atoms with Crippen molar-refractivity contribution in [2.75, 3.05) is 5.32 Å². The largest absolute Gasteiger partial charge is 0.294 e. The highest BCUT2D eigenvalue weighted by Crippen LogP contribution is 2.29. The fourth-order valence-corrected chi connectivity index (χ4v) is 1.67. The molecule has 1 N–H and O–H groups in total. The van der Waals surface area contributed by atoms with Crippen LogP contribution in [-0.4, -0.2) is 15.9 Å². The molecule has 1 amide bonds. The number of carbonyl (C=O) groups is 1. The zero-order valence-corrected chi connectivity index (χ0v) is 9.00. The molecule has 0 saturated heterocycles. The quantitative estimate of drug-likeness (QED) is 0.803. The number of aromatic nitrogens is 2. The molecule has 1 aromatic heterocycles. The number of hydrogen-bond acceptors (Lipinski definition) is 3. The van der Waals surface area contributed by atoms with Gasteiger partial charge in [-0.25, -0.2) is 9.97 Å². The molecule has 80 valence electrons. The van der Waals surface area contributed by atoms with Gasteiger partial charge in [-0.3, -0.25) is 10.1 Å². The Bertz CT molecular complexity index is 365. The summed E-state index contributed by atoms with van der Waals surface area (Å²) in [7, 11) is 0. The van der Waals surface area contributed by atoms with Gasteiger partial charge in [-0.2, -0.15) is 0 Å². The van der Waals surface area contributed by atoms with Gasteiger partial charge >= 0.3 is 0 Å². The summed E-state index contributed by atoms with van der Waals surface area (Å²) in [5.41, 5.74) is 0. The smallest absolute Gasteiger partial charge is 0.230 e. The van der Waals surface area contributed by atoms with Gasteiger partial charge in [-0.05, 0) is 24.8 Å². The summed E-state index contributed by atoms with van der Waals surface area (Å²) in [6.07, 6.45) is 5.64. The molecule has 1 aliphatic rings. The van der Waals surface area contributed by atoms with Gasteiger partial charge in [0.1, 0.15) is 5.15 Å². The van der Waals surface area contributed by atoms with E-state index < -0.39 is 0 Å². The van der Waals surface area contributed by atoms with Gasteiger partial charge in [0.2, 0.25) is 11.9 Å². The molecule has 15 heavy (non-hydrogen) atoms. The van der Waals surface area contributed by atoms with Crippen LogP contribution in [0.4, 0.5) is 5.95 Å². The van der Waals surface area contributed by atoms with Crippen molar-refractivity contribution < 1.29 is 4.79 Å². The van der Waals surface area contributed by atoms with E-state index in [4.69, 9.17) is 11.6 Å². The fourth-order valence-electron chi connectivity index (χ4n) is 1.53. The van der Waals surface area contributed by atoms with E-state index in [-0.39, 0.29) is 11.9 Å². The highest BCUT2D eigenvalue weighted by Gasteiger charge is 2.20. The molecule has 1 aliphatic carbocycles. The topological polar surface area (TPSA) is 54.9 Å². The summed E-state index contributed by atoms with van der Waals surface area (Å²) in [4.78, 5) is 19.3. The molecule has 0 bridgehead atoms. The number of rotatable bonds is 3. The predicted octanol–water partition coefficient (Wildman–Crippen LogP) is 2.26. The first kappa shape index (κ1) is 10.4. The van der Waals surface area contributed by atoms with E-state index >= 15 is 0 Å². The van der Waals surface area contributed by atoms with Crippen LogP contribution >= 0.6 is 11.6 Å². The molecule has 1 fully saturated rings. The van der Waals surface area contributed by atoms with Crippen LogP contribution in [0.2, 0.25) is 5.15 Å². The van der Waals surface area contributed by atoms with Crippen molar-refractivity contribution in [3.05, 3.63) is 17.4 Å². The summed E-state index contributed by atoms with van der Waals surface area (Å²) < 4.78 is 0. The summed E-state index contributed by atoms with van der Waals surface area (Å²) in [6.45, 7) is 0. The average molecular weight is 226 g/mol. The van der Waals surface area contributed by atoms with E-state index in [1.165, 1.54) is 12.6 Å². The number of amides is 1. The van der Waals surface area contributed by atoms with Gasteiger partial charge in [0.25, 0.3) is 0 Å². The molecule has 0 radical (unpaired) electrons. The van der Waals surface area contributed by atoms with Crippen molar-refractivity contribution in [2.45, 2.75) is 25.7 Å². The third kappa shape index (κ3) is 2.89. The first-order chi connectivity index (χ1) is 7.24. The standard InChI is InChI=1S/C10H12ClN3O/c11-8-4-5-12-10(13-8)14-9(15)6-7-2-1-3-7/h4-5,7H,1-3,6H2,(H,12,13,14,15). The molecule has 0 unspecified atom stereocenters. The van der Waals surface area contributed by atoms with Crippen molar-refractivity contribution >= 4 is 23.5 Å². The zero-order valence-electron chi connectivity index (χ0n) is 8.24. The molecule has 0 aliphatic heterocycles. The van der Waals surface area contributed by atoms with Crippen LogP contribution in [0.15, 0.2) is 12.3 Å². The van der Waals surface area contributed by atoms with Crippen LogP contribution in [0.1, 0.15) is 25.7 Å². The first-order valence-corrected chi connectivity index (χ1v) is 5.40. The fraction of sp³-hybridized carbons (Fsp3) is 0.500. The maximum Gasteiger partial charge on any atom is 0.230 e. The number of nitrogens with zero attached hydrogens (tertiary/aromatic N) is 2. The number of halogens is 1.